The molecule has 44 heavy (non-hydrogen) atoms. The third-order valence-electron chi connectivity index (χ3n) is 9.25. The van der Waals surface area contributed by atoms with E-state index in [-0.39, 0.29) is 29.7 Å². The van der Waals surface area contributed by atoms with Gasteiger partial charge in [0, 0.05) is 18.8 Å². The molecule has 0 radical (unpaired) electrons. The quantitative estimate of drug-likeness (QED) is 0.178. The van der Waals surface area contributed by atoms with E-state index in [1.54, 1.807) is 6.92 Å². The Labute approximate surface area is 251 Å². The van der Waals surface area contributed by atoms with Gasteiger partial charge in [-0.15, -0.1) is 0 Å². The summed E-state index contributed by atoms with van der Waals surface area (Å²) in [5.41, 5.74) is -4.66. The molecule has 9 unspecified atom stereocenters. The summed E-state index contributed by atoms with van der Waals surface area (Å²) >= 11 is 0. The van der Waals surface area contributed by atoms with Crippen molar-refractivity contribution in [3.05, 3.63) is 0 Å². The topological polar surface area (TPSA) is 114 Å². The Morgan fingerprint density at radius 3 is 2.14 bits per heavy atom. The van der Waals surface area contributed by atoms with Gasteiger partial charge in [0.2, 0.25) is 6.29 Å². The summed E-state index contributed by atoms with van der Waals surface area (Å²) in [7, 11) is 0. The Morgan fingerprint density at radius 1 is 1.02 bits per heavy atom. The zero-order valence-electron chi connectivity index (χ0n) is 25.7. The minimum atomic E-state index is -5.37. The van der Waals surface area contributed by atoms with Crippen LogP contribution in [0.1, 0.15) is 87.0 Å². The van der Waals surface area contributed by atoms with Gasteiger partial charge in [0.25, 0.3) is 11.4 Å². The number of rotatable bonds is 8. The summed E-state index contributed by atoms with van der Waals surface area (Å²) in [6, 6.07) is 0. The molecule has 0 aromatic rings. The van der Waals surface area contributed by atoms with Crippen LogP contribution in [0.2, 0.25) is 0 Å². The third kappa shape index (κ3) is 6.81. The number of ether oxygens (including phenoxy) is 5. The summed E-state index contributed by atoms with van der Waals surface area (Å²) in [4.78, 5) is 47.7. The number of halogens is 6. The van der Waals surface area contributed by atoms with Crippen molar-refractivity contribution in [3.8, 4) is 0 Å². The van der Waals surface area contributed by atoms with Crippen LogP contribution in [0.5, 0.6) is 0 Å². The van der Waals surface area contributed by atoms with Gasteiger partial charge in [0.05, 0.1) is 23.2 Å². The van der Waals surface area contributed by atoms with E-state index in [4.69, 9.17) is 18.9 Å². The molecule has 2 heterocycles. The van der Waals surface area contributed by atoms with Gasteiger partial charge >= 0.3 is 36.2 Å². The van der Waals surface area contributed by atoms with Crippen molar-refractivity contribution in [3.63, 3.8) is 0 Å². The first kappa shape index (κ1) is 35.9. The van der Waals surface area contributed by atoms with E-state index in [1.165, 1.54) is 20.8 Å². The van der Waals surface area contributed by atoms with Gasteiger partial charge in [-0.1, -0.05) is 27.7 Å². The van der Waals surface area contributed by atoms with E-state index >= 15 is 0 Å². The van der Waals surface area contributed by atoms with Crippen LogP contribution >= 0.6 is 0 Å². The molecule has 0 N–H and O–H groups in total. The number of carbonyl (C=O) groups excluding carboxylic acids is 4. The summed E-state index contributed by atoms with van der Waals surface area (Å²) < 4.78 is 103. The number of alkyl halides is 6. The average Bonchev–Trinajstić information content (AvgIpc) is 3.61. The van der Waals surface area contributed by atoms with Gasteiger partial charge in [-0.25, -0.2) is 4.79 Å². The molecule has 9 nitrogen and oxygen atoms in total. The minimum Gasteiger partial charge on any atom is -0.451 e. The fourth-order valence-electron chi connectivity index (χ4n) is 5.76. The first-order chi connectivity index (χ1) is 20.0. The maximum atomic E-state index is 13.5. The van der Waals surface area contributed by atoms with Crippen LogP contribution in [0.3, 0.4) is 0 Å². The zero-order chi connectivity index (χ0) is 33.6. The predicted octanol–water partition coefficient (Wildman–Crippen LogP) is 6.02. The number of hydrogen-bond acceptors (Lipinski definition) is 9. The Kier molecular flexibility index (Phi) is 10.0. The molecule has 2 bridgehead atoms. The van der Waals surface area contributed by atoms with E-state index in [1.807, 2.05) is 13.8 Å². The highest BCUT2D eigenvalue weighted by atomic mass is 19.4. The van der Waals surface area contributed by atoms with Gasteiger partial charge < -0.3 is 23.7 Å². The van der Waals surface area contributed by atoms with Crippen LogP contribution in [0, 0.1) is 35.0 Å². The molecule has 0 aromatic heterocycles. The van der Waals surface area contributed by atoms with Crippen molar-refractivity contribution < 1.29 is 69.2 Å². The molecule has 4 aliphatic rings. The van der Waals surface area contributed by atoms with Crippen molar-refractivity contribution >= 4 is 23.9 Å². The first-order valence-electron chi connectivity index (χ1n) is 14.7. The van der Waals surface area contributed by atoms with E-state index in [0.29, 0.717) is 25.7 Å². The maximum Gasteiger partial charge on any atom is 0.428 e. The van der Waals surface area contributed by atoms with Crippen LogP contribution in [0.15, 0.2) is 0 Å². The highest BCUT2D eigenvalue weighted by Crippen LogP contribution is 2.61. The monoisotopic (exact) mass is 646 g/mol. The van der Waals surface area contributed by atoms with E-state index in [0.717, 1.165) is 19.3 Å². The molecule has 4 fully saturated rings. The molecular weight excluding hydrogens is 606 g/mol. The summed E-state index contributed by atoms with van der Waals surface area (Å²) in [6.45, 7) is 10.1. The second kappa shape index (κ2) is 12.3. The fourth-order valence-corrected chi connectivity index (χ4v) is 5.76. The number of fused-ring (bicyclic) bond motifs is 1. The van der Waals surface area contributed by atoms with Crippen molar-refractivity contribution in [1.82, 2.24) is 0 Å². The molecule has 2 aliphatic carbocycles. The minimum absolute atomic E-state index is 0.0153. The zero-order valence-corrected chi connectivity index (χ0v) is 25.7. The molecular formula is C29H40F6O9. The second-order valence-corrected chi connectivity index (χ2v) is 12.9. The molecule has 0 spiro atoms. The lowest BCUT2D eigenvalue weighted by atomic mass is 9.87. The summed E-state index contributed by atoms with van der Waals surface area (Å²) in [5, 5.41) is 0. The lowest BCUT2D eigenvalue weighted by Crippen LogP contribution is -2.54. The third-order valence-corrected chi connectivity index (χ3v) is 9.25. The van der Waals surface area contributed by atoms with Crippen molar-refractivity contribution in [2.75, 3.05) is 0 Å². The molecule has 252 valence electrons. The molecule has 9 atom stereocenters. The standard InChI is InChI=1S/C16H22F6O5.C13H18O4/c1-6-13(4,5)11(23)26-10-8(2)7-14(27-10,16(20,21)22)12(24)25-9(3)15(17,18)19;1-3-7(2)11(14)16-13-6-8-4-9(10(13)5-8)12(15)17-13/h8-10H,6-7H2,1-5H3;7-10H,3-6H2,1-2H3. The molecule has 4 rings (SSSR count). The second-order valence-electron chi connectivity index (χ2n) is 12.9. The van der Waals surface area contributed by atoms with Crippen LogP contribution in [-0.2, 0) is 42.9 Å². The van der Waals surface area contributed by atoms with Crippen molar-refractivity contribution in [2.24, 2.45) is 35.0 Å². The SMILES string of the molecule is CCC(C)(C)C(=O)OC1OC(C(=O)OC(C)C(F)(F)F)(C(F)(F)F)CC1C.CCC(C)C(=O)OC12CC3CC(C(=O)O1)C2C3. The Morgan fingerprint density at radius 2 is 1.64 bits per heavy atom. The molecule has 0 amide bonds. The van der Waals surface area contributed by atoms with Gasteiger partial charge in [0.15, 0.2) is 6.10 Å². The average molecular weight is 647 g/mol. The van der Waals surface area contributed by atoms with Gasteiger partial charge in [-0.2, -0.15) is 26.3 Å². The number of carbonyl (C=O) groups is 4. The van der Waals surface area contributed by atoms with Crippen molar-refractivity contribution in [2.45, 2.75) is 123 Å². The molecule has 2 aliphatic heterocycles. The van der Waals surface area contributed by atoms with Crippen LogP contribution < -0.4 is 0 Å². The highest BCUT2D eigenvalue weighted by Gasteiger charge is 2.70. The Bertz CT molecular complexity index is 1120. The maximum absolute atomic E-state index is 13.5. The normalized spacial score (nSPS) is 34.0. The lowest BCUT2D eigenvalue weighted by molar-refractivity contribution is -0.299. The van der Waals surface area contributed by atoms with E-state index < -0.39 is 65.8 Å². The number of esters is 4. The largest absolute Gasteiger partial charge is 0.451 e. The fraction of sp³-hybridized carbons (Fsp3) is 0.862. The number of hydrogen-bond donors (Lipinski definition) is 0. The van der Waals surface area contributed by atoms with Gasteiger partial charge in [-0.05, 0) is 52.4 Å². The van der Waals surface area contributed by atoms with Crippen molar-refractivity contribution in [1.29, 1.82) is 0 Å². The van der Waals surface area contributed by atoms with Gasteiger partial charge in [0.1, 0.15) is 0 Å². The van der Waals surface area contributed by atoms with E-state index in [2.05, 4.69) is 4.74 Å². The van der Waals surface area contributed by atoms with Crippen LogP contribution in [0.25, 0.3) is 0 Å². The Hall–Kier alpha value is -2.58. The lowest BCUT2D eigenvalue weighted by Gasteiger charge is -2.31. The smallest absolute Gasteiger partial charge is 0.428 e. The summed E-state index contributed by atoms with van der Waals surface area (Å²) in [6.07, 6.45) is -12.3. The molecule has 15 heteroatoms. The predicted molar refractivity (Wildman–Crippen MR) is 138 cm³/mol. The van der Waals surface area contributed by atoms with Gasteiger partial charge in [-0.3, -0.25) is 14.4 Å². The van der Waals surface area contributed by atoms with E-state index in [9.17, 15) is 45.5 Å². The Balaban J connectivity index is 0.000000264. The molecule has 2 saturated heterocycles. The molecule has 2 saturated carbocycles. The highest BCUT2D eigenvalue weighted by molar-refractivity contribution is 5.82. The molecule has 0 aromatic carbocycles. The van der Waals surface area contributed by atoms with Crippen LogP contribution in [0.4, 0.5) is 26.3 Å². The van der Waals surface area contributed by atoms with Crippen LogP contribution in [-0.4, -0.2) is 60.0 Å². The first-order valence-corrected chi connectivity index (χ1v) is 14.7. The summed E-state index contributed by atoms with van der Waals surface area (Å²) in [5.74, 6) is -4.98.